The smallest absolute Gasteiger partial charge is 0.258 e. The van der Waals surface area contributed by atoms with Gasteiger partial charge in [-0.2, -0.15) is 0 Å². The van der Waals surface area contributed by atoms with Crippen molar-refractivity contribution in [2.45, 2.75) is 32.7 Å². The molecule has 112 valence electrons. The molecule has 0 aliphatic heterocycles. The zero-order chi connectivity index (χ0) is 14.8. The topological polar surface area (TPSA) is 57.8 Å². The van der Waals surface area contributed by atoms with Crippen molar-refractivity contribution in [3.05, 3.63) is 39.4 Å². The number of nitrogens with zero attached hydrogens (tertiary/aromatic N) is 1. The van der Waals surface area contributed by atoms with E-state index in [4.69, 9.17) is 11.6 Å². The second-order valence-corrected chi connectivity index (χ2v) is 6.41. The summed E-state index contributed by atoms with van der Waals surface area (Å²) in [5, 5.41) is 4.59. The molecule has 1 heterocycles. The van der Waals surface area contributed by atoms with Crippen molar-refractivity contribution in [2.24, 2.45) is 11.8 Å². The Balaban J connectivity index is 1.70. The Hall–Kier alpha value is -1.39. The van der Waals surface area contributed by atoms with Gasteiger partial charge >= 0.3 is 0 Å². The van der Waals surface area contributed by atoms with Crippen molar-refractivity contribution < 1.29 is 0 Å². The number of aromatic nitrogens is 2. The van der Waals surface area contributed by atoms with Crippen LogP contribution < -0.4 is 10.9 Å². The normalized spacial score (nSPS) is 22.0. The number of hydrogen-bond acceptors (Lipinski definition) is 3. The van der Waals surface area contributed by atoms with Crippen LogP contribution in [0.5, 0.6) is 0 Å². The van der Waals surface area contributed by atoms with Crippen LogP contribution in [-0.4, -0.2) is 16.5 Å². The molecule has 0 bridgehead atoms. The van der Waals surface area contributed by atoms with E-state index in [1.165, 1.54) is 19.3 Å². The van der Waals surface area contributed by atoms with E-state index in [1.54, 1.807) is 18.2 Å². The maximum atomic E-state index is 12.0. The van der Waals surface area contributed by atoms with Crippen molar-refractivity contribution in [2.75, 3.05) is 6.54 Å². The highest BCUT2D eigenvalue weighted by atomic mass is 35.5. The molecule has 1 fully saturated rings. The second-order valence-electron chi connectivity index (χ2n) is 5.97. The molecule has 5 heteroatoms. The molecule has 2 atom stereocenters. The van der Waals surface area contributed by atoms with Crippen LogP contribution in [0, 0.1) is 11.8 Å². The van der Waals surface area contributed by atoms with Gasteiger partial charge in [0.1, 0.15) is 5.82 Å². The molecule has 1 aliphatic rings. The van der Waals surface area contributed by atoms with Gasteiger partial charge in [-0.3, -0.25) is 4.79 Å². The van der Waals surface area contributed by atoms with Crippen LogP contribution in [-0.2, 0) is 6.54 Å². The first-order valence-electron chi connectivity index (χ1n) is 7.52. The van der Waals surface area contributed by atoms with E-state index in [9.17, 15) is 4.79 Å². The van der Waals surface area contributed by atoms with Gasteiger partial charge in [-0.1, -0.05) is 31.4 Å². The third kappa shape index (κ3) is 3.27. The van der Waals surface area contributed by atoms with Crippen LogP contribution in [0.3, 0.4) is 0 Å². The van der Waals surface area contributed by atoms with E-state index in [0.29, 0.717) is 28.3 Å². The molecule has 2 N–H and O–H groups in total. The molecule has 0 spiro atoms. The molecule has 4 nitrogen and oxygen atoms in total. The lowest BCUT2D eigenvalue weighted by atomic mass is 9.98. The van der Waals surface area contributed by atoms with Crippen molar-refractivity contribution in [1.29, 1.82) is 0 Å². The van der Waals surface area contributed by atoms with Crippen molar-refractivity contribution in [3.63, 3.8) is 0 Å². The molecule has 1 aromatic heterocycles. The highest BCUT2D eigenvalue weighted by Crippen LogP contribution is 2.30. The van der Waals surface area contributed by atoms with Gasteiger partial charge in [0, 0.05) is 5.02 Å². The quantitative estimate of drug-likeness (QED) is 0.912. The van der Waals surface area contributed by atoms with Gasteiger partial charge in [-0.05, 0) is 43.0 Å². The first-order chi connectivity index (χ1) is 10.1. The molecular formula is C16H20ClN3O. The number of rotatable bonds is 4. The van der Waals surface area contributed by atoms with E-state index in [2.05, 4.69) is 22.2 Å². The predicted molar refractivity (Wildman–Crippen MR) is 85.6 cm³/mol. The minimum Gasteiger partial charge on any atom is -0.310 e. The highest BCUT2D eigenvalue weighted by molar-refractivity contribution is 6.31. The maximum Gasteiger partial charge on any atom is 0.258 e. The zero-order valence-corrected chi connectivity index (χ0v) is 12.9. The Morgan fingerprint density at radius 2 is 2.29 bits per heavy atom. The summed E-state index contributed by atoms with van der Waals surface area (Å²) in [5.74, 6) is 2.20. The van der Waals surface area contributed by atoms with E-state index in [0.717, 1.165) is 18.4 Å². The number of aromatic amines is 1. The molecular weight excluding hydrogens is 286 g/mol. The number of H-pyrrole nitrogens is 1. The molecule has 0 saturated heterocycles. The molecule has 1 aromatic carbocycles. The summed E-state index contributed by atoms with van der Waals surface area (Å²) in [5.41, 5.74) is 0.542. The molecule has 0 amide bonds. The Kier molecular flexibility index (Phi) is 4.27. The molecule has 1 saturated carbocycles. The molecule has 2 unspecified atom stereocenters. The number of benzene rings is 1. The van der Waals surface area contributed by atoms with Gasteiger partial charge in [0.2, 0.25) is 0 Å². The fourth-order valence-electron chi connectivity index (χ4n) is 3.15. The van der Waals surface area contributed by atoms with Gasteiger partial charge in [0.05, 0.1) is 17.4 Å². The molecule has 0 radical (unpaired) electrons. The minimum atomic E-state index is -0.109. The van der Waals surface area contributed by atoms with Crippen LogP contribution >= 0.6 is 11.6 Å². The van der Waals surface area contributed by atoms with Crippen LogP contribution in [0.4, 0.5) is 0 Å². The van der Waals surface area contributed by atoms with Gasteiger partial charge in [0.25, 0.3) is 5.56 Å². The van der Waals surface area contributed by atoms with E-state index < -0.39 is 0 Å². The summed E-state index contributed by atoms with van der Waals surface area (Å²) in [6, 6.07) is 5.15. The van der Waals surface area contributed by atoms with Crippen LogP contribution in [0.1, 0.15) is 32.0 Å². The predicted octanol–water partition coefficient (Wildman–Crippen LogP) is 3.10. The Bertz CT molecular complexity index is 697. The lowest BCUT2D eigenvalue weighted by Crippen LogP contribution is -2.26. The summed E-state index contributed by atoms with van der Waals surface area (Å²) in [7, 11) is 0. The first-order valence-corrected chi connectivity index (χ1v) is 7.90. The maximum absolute atomic E-state index is 12.0. The highest BCUT2D eigenvalue weighted by Gasteiger charge is 2.22. The summed E-state index contributed by atoms with van der Waals surface area (Å²) in [6.45, 7) is 3.89. The average Bonchev–Trinajstić information content (AvgIpc) is 2.84. The number of fused-ring (bicyclic) bond motifs is 1. The van der Waals surface area contributed by atoms with Crippen LogP contribution in [0.2, 0.25) is 5.02 Å². The Labute approximate surface area is 128 Å². The van der Waals surface area contributed by atoms with Crippen molar-refractivity contribution >= 4 is 22.5 Å². The monoisotopic (exact) mass is 305 g/mol. The van der Waals surface area contributed by atoms with Crippen LogP contribution in [0.25, 0.3) is 10.9 Å². The molecule has 1 aliphatic carbocycles. The van der Waals surface area contributed by atoms with Gasteiger partial charge in [-0.15, -0.1) is 0 Å². The summed E-state index contributed by atoms with van der Waals surface area (Å²) in [4.78, 5) is 19.3. The van der Waals surface area contributed by atoms with Crippen molar-refractivity contribution in [1.82, 2.24) is 15.3 Å². The number of halogens is 1. The largest absolute Gasteiger partial charge is 0.310 e. The summed E-state index contributed by atoms with van der Waals surface area (Å²) >= 11 is 5.96. The Morgan fingerprint density at radius 1 is 1.43 bits per heavy atom. The fraction of sp³-hybridized carbons (Fsp3) is 0.500. The molecule has 3 rings (SSSR count). The second kappa shape index (κ2) is 6.16. The molecule has 2 aromatic rings. The lowest BCUT2D eigenvalue weighted by Gasteiger charge is -2.15. The van der Waals surface area contributed by atoms with Gasteiger partial charge in [0.15, 0.2) is 0 Å². The summed E-state index contributed by atoms with van der Waals surface area (Å²) in [6.07, 6.45) is 3.96. The van der Waals surface area contributed by atoms with Gasteiger partial charge < -0.3 is 10.3 Å². The third-order valence-electron chi connectivity index (χ3n) is 4.46. The zero-order valence-electron chi connectivity index (χ0n) is 12.2. The fourth-order valence-corrected chi connectivity index (χ4v) is 3.31. The molecule has 21 heavy (non-hydrogen) atoms. The SMILES string of the molecule is CC1CCCC1CNCc1nc2cc(Cl)ccc2c(=O)[nH]1. The minimum absolute atomic E-state index is 0.109. The summed E-state index contributed by atoms with van der Waals surface area (Å²) < 4.78 is 0. The number of hydrogen-bond donors (Lipinski definition) is 2. The Morgan fingerprint density at radius 3 is 3.05 bits per heavy atom. The number of nitrogens with one attached hydrogen (secondary N) is 2. The third-order valence-corrected chi connectivity index (χ3v) is 4.69. The standard InChI is InChI=1S/C16H20ClN3O/c1-10-3-2-4-11(10)8-18-9-15-19-14-7-12(17)5-6-13(14)16(21)20-15/h5-7,10-11,18H,2-4,8-9H2,1H3,(H,19,20,21). The average molecular weight is 306 g/mol. The first kappa shape index (κ1) is 14.5. The van der Waals surface area contributed by atoms with E-state index in [1.807, 2.05) is 0 Å². The van der Waals surface area contributed by atoms with Crippen molar-refractivity contribution in [3.8, 4) is 0 Å². The van der Waals surface area contributed by atoms with Crippen LogP contribution in [0.15, 0.2) is 23.0 Å². The van der Waals surface area contributed by atoms with E-state index in [-0.39, 0.29) is 5.56 Å². The van der Waals surface area contributed by atoms with E-state index >= 15 is 0 Å². The van der Waals surface area contributed by atoms with Gasteiger partial charge in [-0.25, -0.2) is 4.98 Å². The lowest BCUT2D eigenvalue weighted by molar-refractivity contribution is 0.390.